The molecule has 0 aromatic heterocycles. The molecule has 1 fully saturated rings. The van der Waals surface area contributed by atoms with E-state index in [1.165, 1.54) is 5.56 Å². The standard InChI is InChI=1S/C20H23N3O2/c1-14(2)15-8-10-16(11-9-15)21-20(25)22-17-12-19(24)23(13-17)18-6-4-3-5-7-18/h3-11,14,17H,12-13H2,1-2H3,(H2,21,22,25). The van der Waals surface area contributed by atoms with Gasteiger partial charge in [-0.25, -0.2) is 4.79 Å². The maximum atomic E-state index is 12.2. The number of urea groups is 1. The Morgan fingerprint density at radius 3 is 2.40 bits per heavy atom. The summed E-state index contributed by atoms with van der Waals surface area (Å²) in [5, 5.41) is 5.71. The molecule has 2 aromatic rings. The SMILES string of the molecule is CC(C)c1ccc(NC(=O)NC2CC(=O)N(c3ccccc3)C2)cc1. The quantitative estimate of drug-likeness (QED) is 0.893. The van der Waals surface area contributed by atoms with Crippen molar-refractivity contribution in [3.8, 4) is 0 Å². The monoisotopic (exact) mass is 337 g/mol. The van der Waals surface area contributed by atoms with Crippen LogP contribution in [0.4, 0.5) is 16.2 Å². The first-order chi connectivity index (χ1) is 12.0. The Hall–Kier alpha value is -2.82. The van der Waals surface area contributed by atoms with Crippen molar-refractivity contribution in [3.05, 3.63) is 60.2 Å². The van der Waals surface area contributed by atoms with Crippen molar-refractivity contribution in [2.24, 2.45) is 0 Å². The Labute approximate surface area is 148 Å². The van der Waals surface area contributed by atoms with Gasteiger partial charge in [0.15, 0.2) is 0 Å². The van der Waals surface area contributed by atoms with Crippen molar-refractivity contribution in [2.45, 2.75) is 32.2 Å². The molecule has 0 aliphatic carbocycles. The lowest BCUT2D eigenvalue weighted by Gasteiger charge is -2.17. The minimum absolute atomic E-state index is 0.0257. The van der Waals surface area contributed by atoms with E-state index in [-0.39, 0.29) is 18.0 Å². The van der Waals surface area contributed by atoms with Crippen LogP contribution in [0.5, 0.6) is 0 Å². The van der Waals surface area contributed by atoms with Crippen LogP contribution in [0.3, 0.4) is 0 Å². The number of carbonyl (C=O) groups excluding carboxylic acids is 2. The smallest absolute Gasteiger partial charge is 0.319 e. The van der Waals surface area contributed by atoms with Crippen molar-refractivity contribution < 1.29 is 9.59 Å². The second kappa shape index (κ2) is 7.38. The molecule has 0 bridgehead atoms. The number of para-hydroxylation sites is 1. The van der Waals surface area contributed by atoms with Gasteiger partial charge in [0.05, 0.1) is 6.04 Å². The van der Waals surface area contributed by atoms with E-state index in [4.69, 9.17) is 0 Å². The van der Waals surface area contributed by atoms with Crippen molar-refractivity contribution in [3.63, 3.8) is 0 Å². The fourth-order valence-corrected chi connectivity index (χ4v) is 2.97. The second-order valence-corrected chi connectivity index (χ2v) is 6.62. The number of hydrogen-bond acceptors (Lipinski definition) is 2. The molecule has 1 atom stereocenters. The number of hydrogen-bond donors (Lipinski definition) is 2. The van der Waals surface area contributed by atoms with E-state index in [1.807, 2.05) is 54.6 Å². The zero-order valence-corrected chi connectivity index (χ0v) is 14.5. The average molecular weight is 337 g/mol. The molecule has 3 rings (SSSR count). The second-order valence-electron chi connectivity index (χ2n) is 6.62. The third-order valence-corrected chi connectivity index (χ3v) is 4.36. The van der Waals surface area contributed by atoms with Crippen LogP contribution < -0.4 is 15.5 Å². The lowest BCUT2D eigenvalue weighted by molar-refractivity contribution is -0.117. The number of anilines is 2. The lowest BCUT2D eigenvalue weighted by atomic mass is 10.0. The highest BCUT2D eigenvalue weighted by Gasteiger charge is 2.31. The van der Waals surface area contributed by atoms with Crippen LogP contribution in [0, 0.1) is 0 Å². The van der Waals surface area contributed by atoms with Crippen LogP contribution >= 0.6 is 0 Å². The lowest BCUT2D eigenvalue weighted by Crippen LogP contribution is -2.39. The largest absolute Gasteiger partial charge is 0.333 e. The summed E-state index contributed by atoms with van der Waals surface area (Å²) in [5.74, 6) is 0.481. The molecule has 2 aromatic carbocycles. The molecule has 5 nitrogen and oxygen atoms in total. The minimum atomic E-state index is -0.287. The molecule has 1 unspecified atom stereocenters. The van der Waals surface area contributed by atoms with Crippen molar-refractivity contribution in [1.29, 1.82) is 0 Å². The first-order valence-corrected chi connectivity index (χ1v) is 8.56. The van der Waals surface area contributed by atoms with Crippen molar-refractivity contribution in [1.82, 2.24) is 5.32 Å². The average Bonchev–Trinajstić information content (AvgIpc) is 2.96. The molecule has 0 spiro atoms. The molecule has 25 heavy (non-hydrogen) atoms. The number of amides is 3. The Balaban J connectivity index is 1.56. The zero-order chi connectivity index (χ0) is 17.8. The third-order valence-electron chi connectivity index (χ3n) is 4.36. The number of rotatable bonds is 4. The van der Waals surface area contributed by atoms with Crippen molar-refractivity contribution in [2.75, 3.05) is 16.8 Å². The number of nitrogens with one attached hydrogen (secondary N) is 2. The topological polar surface area (TPSA) is 61.4 Å². The molecule has 1 saturated heterocycles. The molecule has 3 amide bonds. The fourth-order valence-electron chi connectivity index (χ4n) is 2.97. The zero-order valence-electron chi connectivity index (χ0n) is 14.5. The van der Waals surface area contributed by atoms with Gasteiger partial charge in [-0.05, 0) is 35.7 Å². The number of nitrogens with zero attached hydrogens (tertiary/aromatic N) is 1. The van der Waals surface area contributed by atoms with Gasteiger partial charge in [-0.3, -0.25) is 4.79 Å². The Morgan fingerprint density at radius 2 is 1.76 bits per heavy atom. The van der Waals surface area contributed by atoms with Crippen LogP contribution in [0.25, 0.3) is 0 Å². The summed E-state index contributed by atoms with van der Waals surface area (Å²) < 4.78 is 0. The van der Waals surface area contributed by atoms with Crippen LogP contribution in [0.15, 0.2) is 54.6 Å². The Morgan fingerprint density at radius 1 is 1.08 bits per heavy atom. The highest BCUT2D eigenvalue weighted by atomic mass is 16.2. The van der Waals surface area contributed by atoms with Crippen LogP contribution in [0.2, 0.25) is 0 Å². The number of benzene rings is 2. The molecule has 0 saturated carbocycles. The van der Waals surface area contributed by atoms with Gasteiger partial charge in [-0.15, -0.1) is 0 Å². The van der Waals surface area contributed by atoms with Gasteiger partial charge in [0.1, 0.15) is 0 Å². The highest BCUT2D eigenvalue weighted by molar-refractivity contribution is 5.97. The van der Waals surface area contributed by atoms with Gasteiger partial charge in [0.2, 0.25) is 5.91 Å². The van der Waals surface area contributed by atoms with Gasteiger partial charge in [0.25, 0.3) is 0 Å². The Bertz CT molecular complexity index is 741. The summed E-state index contributed by atoms with van der Waals surface area (Å²) in [7, 11) is 0. The van der Waals surface area contributed by atoms with Crippen LogP contribution in [0.1, 0.15) is 31.7 Å². The van der Waals surface area contributed by atoms with Gasteiger partial charge in [0, 0.05) is 24.3 Å². The molecule has 0 radical (unpaired) electrons. The predicted octanol–water partition coefficient (Wildman–Crippen LogP) is 3.74. The van der Waals surface area contributed by atoms with Crippen molar-refractivity contribution >= 4 is 23.3 Å². The van der Waals surface area contributed by atoms with E-state index < -0.39 is 0 Å². The van der Waals surface area contributed by atoms with Crippen LogP contribution in [-0.2, 0) is 4.79 Å². The van der Waals surface area contributed by atoms with E-state index in [9.17, 15) is 9.59 Å². The summed E-state index contributed by atoms with van der Waals surface area (Å²) in [6.45, 7) is 4.75. The van der Waals surface area contributed by atoms with E-state index >= 15 is 0 Å². The molecule has 1 aliphatic heterocycles. The minimum Gasteiger partial charge on any atom is -0.333 e. The maximum absolute atomic E-state index is 12.2. The first kappa shape index (κ1) is 17.0. The van der Waals surface area contributed by atoms with E-state index in [0.29, 0.717) is 18.9 Å². The molecule has 1 heterocycles. The summed E-state index contributed by atoms with van der Waals surface area (Å²) in [6.07, 6.45) is 0.314. The first-order valence-electron chi connectivity index (χ1n) is 8.56. The molecular formula is C20H23N3O2. The molecule has 5 heteroatoms. The highest BCUT2D eigenvalue weighted by Crippen LogP contribution is 2.21. The van der Waals surface area contributed by atoms with Gasteiger partial charge in [-0.1, -0.05) is 44.2 Å². The van der Waals surface area contributed by atoms with Gasteiger partial charge >= 0.3 is 6.03 Å². The predicted molar refractivity (Wildman–Crippen MR) is 99.9 cm³/mol. The van der Waals surface area contributed by atoms with Gasteiger partial charge < -0.3 is 15.5 Å². The summed E-state index contributed by atoms with van der Waals surface area (Å²) in [6, 6.07) is 16.8. The van der Waals surface area contributed by atoms with E-state index in [1.54, 1.807) is 4.90 Å². The fraction of sp³-hybridized carbons (Fsp3) is 0.300. The Kier molecular flexibility index (Phi) is 5.03. The normalized spacial score (nSPS) is 17.0. The summed E-state index contributed by atoms with van der Waals surface area (Å²) in [5.41, 5.74) is 2.83. The molecular weight excluding hydrogens is 314 g/mol. The van der Waals surface area contributed by atoms with Crippen LogP contribution in [-0.4, -0.2) is 24.5 Å². The van der Waals surface area contributed by atoms with E-state index in [2.05, 4.69) is 24.5 Å². The summed E-state index contributed by atoms with van der Waals surface area (Å²) in [4.78, 5) is 26.1. The third kappa shape index (κ3) is 4.18. The molecule has 130 valence electrons. The summed E-state index contributed by atoms with van der Waals surface area (Å²) >= 11 is 0. The number of carbonyl (C=O) groups is 2. The molecule has 2 N–H and O–H groups in total. The maximum Gasteiger partial charge on any atom is 0.319 e. The van der Waals surface area contributed by atoms with E-state index in [0.717, 1.165) is 11.4 Å². The molecule has 1 aliphatic rings. The van der Waals surface area contributed by atoms with Gasteiger partial charge in [-0.2, -0.15) is 0 Å².